The van der Waals surface area contributed by atoms with Crippen LogP contribution in [0.3, 0.4) is 0 Å². The molecule has 2 amide bonds. The van der Waals surface area contributed by atoms with Crippen molar-refractivity contribution in [1.29, 1.82) is 0 Å². The van der Waals surface area contributed by atoms with Gasteiger partial charge in [-0.2, -0.15) is 0 Å². The van der Waals surface area contributed by atoms with Gasteiger partial charge >= 0.3 is 5.97 Å². The number of nitrogens with zero attached hydrogens (tertiary/aromatic N) is 1. The van der Waals surface area contributed by atoms with Gasteiger partial charge in [-0.3, -0.25) is 14.4 Å². The number of hydrogen-bond acceptors (Lipinski definition) is 4. The molecule has 1 fully saturated rings. The van der Waals surface area contributed by atoms with Gasteiger partial charge in [0.25, 0.3) is 5.91 Å². The van der Waals surface area contributed by atoms with E-state index >= 15 is 0 Å². The summed E-state index contributed by atoms with van der Waals surface area (Å²) < 4.78 is 5.43. The van der Waals surface area contributed by atoms with Crippen molar-refractivity contribution in [3.8, 4) is 0 Å². The van der Waals surface area contributed by atoms with Gasteiger partial charge < -0.3 is 15.0 Å². The van der Waals surface area contributed by atoms with E-state index in [1.807, 2.05) is 62.4 Å². The number of para-hydroxylation sites is 1. The van der Waals surface area contributed by atoms with Crippen molar-refractivity contribution in [2.24, 2.45) is 5.92 Å². The van der Waals surface area contributed by atoms with E-state index in [1.165, 1.54) is 0 Å². The quantitative estimate of drug-likeness (QED) is 0.658. The first-order chi connectivity index (χ1) is 14.9. The first-order valence-electron chi connectivity index (χ1n) is 10.9. The standard InChI is InChI=1S/C25H30N2O4/c1-4-19-12-9-13-20(5-2)23(19)26-24(29)17(3)31-25(30)21-14-22(28)27(16-21)15-18-10-7-6-8-11-18/h6-13,17,21H,4-5,14-16H2,1-3H3,(H,26,29)/t17-,21+/m0/s1. The lowest BCUT2D eigenvalue weighted by atomic mass is 10.0. The monoisotopic (exact) mass is 422 g/mol. The second-order valence-corrected chi connectivity index (χ2v) is 7.89. The summed E-state index contributed by atoms with van der Waals surface area (Å²) >= 11 is 0. The zero-order valence-corrected chi connectivity index (χ0v) is 18.4. The SMILES string of the molecule is CCc1cccc(CC)c1NC(=O)[C@H](C)OC(=O)[C@@H]1CC(=O)N(Cc2ccccc2)C1. The molecule has 1 aliphatic heterocycles. The van der Waals surface area contributed by atoms with Crippen molar-refractivity contribution in [1.82, 2.24) is 4.90 Å². The summed E-state index contributed by atoms with van der Waals surface area (Å²) in [7, 11) is 0. The molecule has 1 N–H and O–H groups in total. The number of rotatable bonds is 8. The fourth-order valence-electron chi connectivity index (χ4n) is 3.84. The van der Waals surface area contributed by atoms with Gasteiger partial charge in [0, 0.05) is 25.2 Å². The molecule has 2 atom stereocenters. The molecule has 0 aromatic heterocycles. The first-order valence-corrected chi connectivity index (χ1v) is 10.9. The van der Waals surface area contributed by atoms with E-state index in [-0.39, 0.29) is 18.2 Å². The fourth-order valence-corrected chi connectivity index (χ4v) is 3.84. The second-order valence-electron chi connectivity index (χ2n) is 7.89. The molecule has 1 aliphatic rings. The van der Waals surface area contributed by atoms with E-state index in [1.54, 1.807) is 11.8 Å². The lowest BCUT2D eigenvalue weighted by Crippen LogP contribution is -2.33. The molecule has 6 nitrogen and oxygen atoms in total. The van der Waals surface area contributed by atoms with Crippen molar-refractivity contribution in [3.63, 3.8) is 0 Å². The second kappa shape index (κ2) is 10.2. The molecule has 1 saturated heterocycles. The molecule has 0 radical (unpaired) electrons. The Kier molecular flexibility index (Phi) is 7.45. The summed E-state index contributed by atoms with van der Waals surface area (Å²) in [5.74, 6) is -1.51. The Morgan fingerprint density at radius 3 is 2.32 bits per heavy atom. The van der Waals surface area contributed by atoms with Crippen LogP contribution < -0.4 is 5.32 Å². The van der Waals surface area contributed by atoms with Crippen LogP contribution in [0.5, 0.6) is 0 Å². The zero-order valence-electron chi connectivity index (χ0n) is 18.4. The Hall–Kier alpha value is -3.15. The highest BCUT2D eigenvalue weighted by atomic mass is 16.5. The van der Waals surface area contributed by atoms with Gasteiger partial charge in [-0.1, -0.05) is 62.4 Å². The normalized spacial score (nSPS) is 16.8. The lowest BCUT2D eigenvalue weighted by Gasteiger charge is -2.19. The van der Waals surface area contributed by atoms with E-state index in [9.17, 15) is 14.4 Å². The van der Waals surface area contributed by atoms with Crippen molar-refractivity contribution < 1.29 is 19.1 Å². The van der Waals surface area contributed by atoms with Crippen LogP contribution in [0, 0.1) is 5.92 Å². The van der Waals surface area contributed by atoms with E-state index in [0.29, 0.717) is 13.1 Å². The van der Waals surface area contributed by atoms with Crippen LogP contribution >= 0.6 is 0 Å². The van der Waals surface area contributed by atoms with Crippen LogP contribution in [0.25, 0.3) is 0 Å². The smallest absolute Gasteiger partial charge is 0.312 e. The third-order valence-electron chi connectivity index (χ3n) is 5.67. The van der Waals surface area contributed by atoms with Crippen LogP contribution in [0.2, 0.25) is 0 Å². The molecule has 0 unspecified atom stereocenters. The van der Waals surface area contributed by atoms with E-state index in [4.69, 9.17) is 4.74 Å². The summed E-state index contributed by atoms with van der Waals surface area (Å²) in [6, 6.07) is 15.6. The third-order valence-corrected chi connectivity index (χ3v) is 5.67. The number of hydrogen-bond donors (Lipinski definition) is 1. The molecule has 0 spiro atoms. The van der Waals surface area contributed by atoms with Crippen molar-refractivity contribution in [2.45, 2.75) is 52.7 Å². The van der Waals surface area contributed by atoms with E-state index in [0.717, 1.165) is 35.2 Å². The van der Waals surface area contributed by atoms with Gasteiger partial charge in [0.2, 0.25) is 5.91 Å². The molecule has 2 aromatic rings. The Labute approximate surface area is 183 Å². The number of aryl methyl sites for hydroxylation is 2. The molecule has 1 heterocycles. The Morgan fingerprint density at radius 1 is 1.06 bits per heavy atom. The number of carbonyl (C=O) groups excluding carboxylic acids is 3. The van der Waals surface area contributed by atoms with E-state index < -0.39 is 18.0 Å². The van der Waals surface area contributed by atoms with Gasteiger partial charge in [-0.25, -0.2) is 0 Å². The minimum Gasteiger partial charge on any atom is -0.452 e. The van der Waals surface area contributed by atoms with Crippen molar-refractivity contribution in [2.75, 3.05) is 11.9 Å². The number of ether oxygens (including phenoxy) is 1. The highest BCUT2D eigenvalue weighted by molar-refractivity contribution is 5.97. The molecular weight excluding hydrogens is 392 g/mol. The largest absolute Gasteiger partial charge is 0.452 e. The minimum absolute atomic E-state index is 0.0765. The third kappa shape index (κ3) is 5.51. The zero-order chi connectivity index (χ0) is 22.4. The lowest BCUT2D eigenvalue weighted by molar-refractivity contribution is -0.157. The molecule has 2 aromatic carbocycles. The van der Waals surface area contributed by atoms with Crippen molar-refractivity contribution >= 4 is 23.5 Å². The number of anilines is 1. The van der Waals surface area contributed by atoms with Crippen molar-refractivity contribution in [3.05, 3.63) is 65.2 Å². The topological polar surface area (TPSA) is 75.7 Å². The molecule has 0 bridgehead atoms. The molecule has 3 rings (SSSR count). The summed E-state index contributed by atoms with van der Waals surface area (Å²) in [5, 5.41) is 2.93. The molecule has 164 valence electrons. The highest BCUT2D eigenvalue weighted by Gasteiger charge is 2.36. The molecule has 0 saturated carbocycles. The van der Waals surface area contributed by atoms with Gasteiger partial charge in [-0.05, 0) is 36.5 Å². The number of esters is 1. The summed E-state index contributed by atoms with van der Waals surface area (Å²) in [5.41, 5.74) is 3.90. The van der Waals surface area contributed by atoms with Crippen LogP contribution in [-0.4, -0.2) is 35.3 Å². The maximum absolute atomic E-state index is 12.7. The predicted molar refractivity (Wildman–Crippen MR) is 119 cm³/mol. The summed E-state index contributed by atoms with van der Waals surface area (Å²) in [6.07, 6.45) is 0.747. The Morgan fingerprint density at radius 2 is 1.71 bits per heavy atom. The van der Waals surface area contributed by atoms with Gasteiger partial charge in [0.05, 0.1) is 5.92 Å². The van der Waals surface area contributed by atoms with Crippen LogP contribution in [0.15, 0.2) is 48.5 Å². The maximum Gasteiger partial charge on any atom is 0.312 e. The predicted octanol–water partition coefficient (Wildman–Crippen LogP) is 3.73. The number of nitrogens with one attached hydrogen (secondary N) is 1. The minimum atomic E-state index is -0.944. The van der Waals surface area contributed by atoms with E-state index in [2.05, 4.69) is 5.32 Å². The average molecular weight is 423 g/mol. The first kappa shape index (κ1) is 22.5. The average Bonchev–Trinajstić information content (AvgIpc) is 3.14. The van der Waals surface area contributed by atoms with Crippen LogP contribution in [0.1, 0.15) is 43.9 Å². The maximum atomic E-state index is 12.7. The number of carbonyl (C=O) groups is 3. The highest BCUT2D eigenvalue weighted by Crippen LogP contribution is 2.24. The molecule has 31 heavy (non-hydrogen) atoms. The number of benzene rings is 2. The van der Waals surface area contributed by atoms with Crippen LogP contribution in [-0.2, 0) is 38.5 Å². The number of amides is 2. The van der Waals surface area contributed by atoms with Gasteiger partial charge in [-0.15, -0.1) is 0 Å². The van der Waals surface area contributed by atoms with Gasteiger partial charge in [0.1, 0.15) is 0 Å². The van der Waals surface area contributed by atoms with Gasteiger partial charge in [0.15, 0.2) is 6.10 Å². The summed E-state index contributed by atoms with van der Waals surface area (Å²) in [4.78, 5) is 39.3. The molecule has 0 aliphatic carbocycles. The Balaban J connectivity index is 1.58. The Bertz CT molecular complexity index is 920. The molecular formula is C25H30N2O4. The molecule has 6 heteroatoms. The van der Waals surface area contributed by atoms with Crippen LogP contribution in [0.4, 0.5) is 5.69 Å². The number of likely N-dealkylation sites (tertiary alicyclic amines) is 1. The summed E-state index contributed by atoms with van der Waals surface area (Å²) in [6.45, 7) is 6.40. The fraction of sp³-hybridized carbons (Fsp3) is 0.400.